The van der Waals surface area contributed by atoms with Gasteiger partial charge in [-0.1, -0.05) is 0 Å². The van der Waals surface area contributed by atoms with E-state index in [0.717, 1.165) is 12.8 Å². The van der Waals surface area contributed by atoms with E-state index in [9.17, 15) is 14.7 Å². The number of β-amino-alcohol motifs (C(OH)–C–C–N with tert-alkyl or cyclic N) is 1. The molecule has 0 bridgehead atoms. The first-order valence-electron chi connectivity index (χ1n) is 6.07. The van der Waals surface area contributed by atoms with E-state index in [1.807, 2.05) is 0 Å². The number of aliphatic hydroxyl groups is 1. The van der Waals surface area contributed by atoms with Crippen molar-refractivity contribution < 1.29 is 14.7 Å². The van der Waals surface area contributed by atoms with Crippen molar-refractivity contribution in [3.05, 3.63) is 0 Å². The maximum absolute atomic E-state index is 12.1. The summed E-state index contributed by atoms with van der Waals surface area (Å²) in [6.45, 7) is 1.56. The van der Waals surface area contributed by atoms with Crippen LogP contribution < -0.4 is 11.1 Å². The molecule has 0 aliphatic carbocycles. The normalized spacial score (nSPS) is 33.7. The van der Waals surface area contributed by atoms with E-state index in [-0.39, 0.29) is 23.8 Å². The van der Waals surface area contributed by atoms with E-state index >= 15 is 0 Å². The highest BCUT2D eigenvalue weighted by molar-refractivity contribution is 5.84. The highest BCUT2D eigenvalue weighted by atomic mass is 16.3. The van der Waals surface area contributed by atoms with Gasteiger partial charge in [-0.05, 0) is 19.3 Å². The van der Waals surface area contributed by atoms with E-state index in [2.05, 4.69) is 5.32 Å². The summed E-state index contributed by atoms with van der Waals surface area (Å²) in [5, 5.41) is 12.4. The molecule has 0 aromatic carbocycles. The molecule has 2 rings (SSSR count). The third-order valence-electron chi connectivity index (χ3n) is 3.54. The van der Waals surface area contributed by atoms with Crippen LogP contribution in [-0.4, -0.2) is 53.6 Å². The summed E-state index contributed by atoms with van der Waals surface area (Å²) in [7, 11) is 0. The summed E-state index contributed by atoms with van der Waals surface area (Å²) >= 11 is 0. The van der Waals surface area contributed by atoms with Gasteiger partial charge in [0, 0.05) is 19.6 Å². The van der Waals surface area contributed by atoms with Gasteiger partial charge in [0.25, 0.3) is 0 Å². The number of carbonyl (C=O) groups is 2. The lowest BCUT2D eigenvalue weighted by atomic mass is 9.97. The van der Waals surface area contributed by atoms with E-state index in [1.165, 1.54) is 0 Å². The number of rotatable bonds is 2. The fraction of sp³-hybridized carbons (Fsp3) is 0.818. The second kappa shape index (κ2) is 5.01. The molecule has 4 N–H and O–H groups in total. The van der Waals surface area contributed by atoms with Crippen LogP contribution >= 0.6 is 0 Å². The third-order valence-corrected chi connectivity index (χ3v) is 3.54. The molecule has 6 heteroatoms. The molecule has 2 fully saturated rings. The summed E-state index contributed by atoms with van der Waals surface area (Å²) < 4.78 is 0. The van der Waals surface area contributed by atoms with Crippen LogP contribution in [0.5, 0.6) is 0 Å². The zero-order chi connectivity index (χ0) is 12.4. The second-order valence-electron chi connectivity index (χ2n) is 4.88. The van der Waals surface area contributed by atoms with Crippen LogP contribution in [0.25, 0.3) is 0 Å². The lowest BCUT2D eigenvalue weighted by molar-refractivity contribution is -0.136. The van der Waals surface area contributed by atoms with Crippen molar-refractivity contribution in [1.29, 1.82) is 0 Å². The average Bonchev–Trinajstić information content (AvgIpc) is 2.75. The zero-order valence-electron chi connectivity index (χ0n) is 9.76. The van der Waals surface area contributed by atoms with Crippen LogP contribution in [0.15, 0.2) is 0 Å². The highest BCUT2D eigenvalue weighted by Crippen LogP contribution is 2.18. The molecule has 0 saturated carbocycles. The number of amides is 2. The molecule has 17 heavy (non-hydrogen) atoms. The Bertz CT molecular complexity index is 321. The van der Waals surface area contributed by atoms with Gasteiger partial charge >= 0.3 is 0 Å². The topological polar surface area (TPSA) is 95.7 Å². The van der Waals surface area contributed by atoms with Crippen molar-refractivity contribution in [3.8, 4) is 0 Å². The number of piperidine rings is 1. The molecule has 3 unspecified atom stereocenters. The number of nitrogens with zero attached hydrogens (tertiary/aromatic N) is 1. The molecule has 3 atom stereocenters. The van der Waals surface area contributed by atoms with Crippen LogP contribution in [0.3, 0.4) is 0 Å². The van der Waals surface area contributed by atoms with Crippen molar-refractivity contribution in [1.82, 2.24) is 10.2 Å². The van der Waals surface area contributed by atoms with E-state index < -0.39 is 6.10 Å². The maximum atomic E-state index is 12.1. The van der Waals surface area contributed by atoms with Crippen molar-refractivity contribution >= 4 is 11.8 Å². The molecule has 6 nitrogen and oxygen atoms in total. The minimum absolute atomic E-state index is 0.0208. The van der Waals surface area contributed by atoms with E-state index in [1.54, 1.807) is 4.90 Å². The number of nitrogens with two attached hydrogens (primary N) is 1. The Morgan fingerprint density at radius 1 is 1.41 bits per heavy atom. The molecule has 96 valence electrons. The number of carbonyl (C=O) groups excluding carboxylic acids is 2. The van der Waals surface area contributed by atoms with Gasteiger partial charge in [0.05, 0.1) is 18.1 Å². The zero-order valence-corrected chi connectivity index (χ0v) is 9.76. The third kappa shape index (κ3) is 2.76. The number of hydrogen-bond acceptors (Lipinski definition) is 4. The number of hydrogen-bond donors (Lipinski definition) is 3. The molecule has 2 aliphatic heterocycles. The molecule has 0 spiro atoms. The van der Waals surface area contributed by atoms with Gasteiger partial charge in [-0.2, -0.15) is 0 Å². The Morgan fingerprint density at radius 2 is 2.18 bits per heavy atom. The first kappa shape index (κ1) is 12.3. The monoisotopic (exact) mass is 241 g/mol. The predicted molar refractivity (Wildman–Crippen MR) is 60.9 cm³/mol. The lowest BCUT2D eigenvalue weighted by Crippen LogP contribution is -2.49. The largest absolute Gasteiger partial charge is 0.392 e. The van der Waals surface area contributed by atoms with E-state index in [4.69, 9.17) is 5.73 Å². The fourth-order valence-electron chi connectivity index (χ4n) is 2.54. The summed E-state index contributed by atoms with van der Waals surface area (Å²) in [5.41, 5.74) is 5.27. The first-order valence-corrected chi connectivity index (χ1v) is 6.07. The van der Waals surface area contributed by atoms with Crippen LogP contribution in [0.1, 0.15) is 19.3 Å². The Balaban J connectivity index is 1.93. The van der Waals surface area contributed by atoms with Crippen LogP contribution in [-0.2, 0) is 9.59 Å². The van der Waals surface area contributed by atoms with Gasteiger partial charge in [-0.3, -0.25) is 9.59 Å². The molecular weight excluding hydrogens is 222 g/mol. The predicted octanol–water partition coefficient (Wildman–Crippen LogP) is -1.57. The fourth-order valence-corrected chi connectivity index (χ4v) is 2.54. The summed E-state index contributed by atoms with van der Waals surface area (Å²) in [6, 6.07) is -0.309. The van der Waals surface area contributed by atoms with Gasteiger partial charge in [0.15, 0.2) is 0 Å². The van der Waals surface area contributed by atoms with Crippen LogP contribution in [0.4, 0.5) is 0 Å². The molecule has 2 aliphatic rings. The lowest BCUT2D eigenvalue weighted by Gasteiger charge is -2.32. The molecule has 0 aromatic rings. The molecule has 2 heterocycles. The van der Waals surface area contributed by atoms with Crippen molar-refractivity contribution in [2.24, 2.45) is 11.7 Å². The molecular formula is C11H19N3O3. The molecule has 0 aromatic heterocycles. The molecule has 0 radical (unpaired) electrons. The smallest absolute Gasteiger partial charge is 0.239 e. The van der Waals surface area contributed by atoms with Crippen molar-refractivity contribution in [2.75, 3.05) is 19.6 Å². The average molecular weight is 241 g/mol. The van der Waals surface area contributed by atoms with Crippen LogP contribution in [0.2, 0.25) is 0 Å². The number of nitrogens with one attached hydrogen (secondary N) is 1. The SMILES string of the molecule is NC(=O)C1CCCN(C(=O)C2CC(O)CN2)C1. The highest BCUT2D eigenvalue weighted by Gasteiger charge is 2.34. The van der Waals surface area contributed by atoms with Crippen LogP contribution in [0, 0.1) is 5.92 Å². The van der Waals surface area contributed by atoms with Gasteiger partial charge in [-0.25, -0.2) is 0 Å². The standard InChI is InChI=1S/C11H19N3O3/c12-10(16)7-2-1-3-14(6-7)11(17)9-4-8(15)5-13-9/h7-9,13,15H,1-6H2,(H2,12,16). The molecule has 2 saturated heterocycles. The maximum Gasteiger partial charge on any atom is 0.239 e. The summed E-state index contributed by atoms with van der Waals surface area (Å²) in [6.07, 6.45) is 1.59. The Labute approximate surface area is 100 Å². The second-order valence-corrected chi connectivity index (χ2v) is 4.88. The van der Waals surface area contributed by atoms with Gasteiger partial charge in [0.2, 0.25) is 11.8 Å². The minimum atomic E-state index is -0.444. The number of primary amides is 1. The van der Waals surface area contributed by atoms with Gasteiger partial charge in [-0.15, -0.1) is 0 Å². The van der Waals surface area contributed by atoms with E-state index in [0.29, 0.717) is 26.1 Å². The summed E-state index contributed by atoms with van der Waals surface area (Å²) in [5.74, 6) is -0.576. The van der Waals surface area contributed by atoms with Gasteiger partial charge < -0.3 is 21.1 Å². The molecule has 2 amide bonds. The number of likely N-dealkylation sites (tertiary alicyclic amines) is 1. The quantitative estimate of drug-likeness (QED) is 0.544. The van der Waals surface area contributed by atoms with Crippen molar-refractivity contribution in [3.63, 3.8) is 0 Å². The Kier molecular flexibility index (Phi) is 3.63. The number of aliphatic hydroxyl groups excluding tert-OH is 1. The first-order chi connectivity index (χ1) is 8.08. The Hall–Kier alpha value is -1.14. The minimum Gasteiger partial charge on any atom is -0.392 e. The Morgan fingerprint density at radius 3 is 2.76 bits per heavy atom. The van der Waals surface area contributed by atoms with Crippen molar-refractivity contribution in [2.45, 2.75) is 31.4 Å². The van der Waals surface area contributed by atoms with Gasteiger partial charge in [0.1, 0.15) is 0 Å². The summed E-state index contributed by atoms with van der Waals surface area (Å²) in [4.78, 5) is 24.9.